The maximum atomic E-state index is 13.5. The lowest BCUT2D eigenvalue weighted by Gasteiger charge is -2.05. The van der Waals surface area contributed by atoms with E-state index in [0.29, 0.717) is 5.82 Å². The van der Waals surface area contributed by atoms with Crippen molar-refractivity contribution in [2.75, 3.05) is 5.32 Å². The number of para-hydroxylation sites is 1. The van der Waals surface area contributed by atoms with Crippen LogP contribution < -0.4 is 5.32 Å². The molecule has 6 heteroatoms. The largest absolute Gasteiger partial charge is 0.308 e. The number of carbonyl (C=O) groups is 1. The second-order valence-corrected chi connectivity index (χ2v) is 4.54. The maximum absolute atomic E-state index is 13.5. The summed E-state index contributed by atoms with van der Waals surface area (Å²) in [6.07, 6.45) is -0.389. The topological polar surface area (TPSA) is 57.8 Å². The molecule has 0 saturated carbocycles. The van der Waals surface area contributed by atoms with Crippen molar-refractivity contribution in [2.45, 2.75) is 6.42 Å². The summed E-state index contributed by atoms with van der Waals surface area (Å²) in [5.74, 6) is -1.67. The first-order chi connectivity index (χ1) is 10.1. The lowest BCUT2D eigenvalue weighted by molar-refractivity contribution is -0.115. The molecule has 2 N–H and O–H groups in total. The number of nitrogens with one attached hydrogen (secondary N) is 2. The third kappa shape index (κ3) is 2.60. The molecule has 2 aromatic carbocycles. The van der Waals surface area contributed by atoms with Crippen molar-refractivity contribution < 1.29 is 13.6 Å². The molecule has 0 aliphatic heterocycles. The molecule has 3 aromatic rings. The van der Waals surface area contributed by atoms with Crippen LogP contribution in [0.2, 0.25) is 0 Å². The van der Waals surface area contributed by atoms with Gasteiger partial charge in [0, 0.05) is 10.9 Å². The van der Waals surface area contributed by atoms with E-state index in [4.69, 9.17) is 0 Å². The fourth-order valence-corrected chi connectivity index (χ4v) is 2.10. The minimum atomic E-state index is -0.739. The Bertz CT molecular complexity index is 793. The van der Waals surface area contributed by atoms with Gasteiger partial charge in [0.05, 0.1) is 11.9 Å². The number of anilines is 1. The van der Waals surface area contributed by atoms with Crippen LogP contribution in [-0.2, 0) is 11.2 Å². The number of carbonyl (C=O) groups excluding carboxylic acids is 1. The molecule has 0 fully saturated rings. The van der Waals surface area contributed by atoms with Gasteiger partial charge >= 0.3 is 0 Å². The van der Waals surface area contributed by atoms with Crippen molar-refractivity contribution in [2.24, 2.45) is 0 Å². The van der Waals surface area contributed by atoms with Gasteiger partial charge in [0.25, 0.3) is 0 Å². The number of hydrogen-bond acceptors (Lipinski definition) is 2. The monoisotopic (exact) mass is 287 g/mol. The van der Waals surface area contributed by atoms with Gasteiger partial charge in [0.2, 0.25) is 5.91 Å². The highest BCUT2D eigenvalue weighted by atomic mass is 19.1. The van der Waals surface area contributed by atoms with Gasteiger partial charge in [-0.1, -0.05) is 18.2 Å². The molecule has 4 nitrogen and oxygen atoms in total. The number of nitrogens with zero attached hydrogens (tertiary/aromatic N) is 1. The Labute approximate surface area is 118 Å². The summed E-state index contributed by atoms with van der Waals surface area (Å²) in [5.41, 5.74) is 0.514. The van der Waals surface area contributed by atoms with Gasteiger partial charge in [0.15, 0.2) is 5.82 Å². The van der Waals surface area contributed by atoms with Crippen molar-refractivity contribution in [3.05, 3.63) is 59.7 Å². The maximum Gasteiger partial charge on any atom is 0.230 e. The average molecular weight is 287 g/mol. The van der Waals surface area contributed by atoms with Crippen LogP contribution in [-0.4, -0.2) is 16.1 Å². The highest BCUT2D eigenvalue weighted by Gasteiger charge is 2.15. The molecule has 0 spiro atoms. The zero-order valence-corrected chi connectivity index (χ0v) is 10.9. The first-order valence-electron chi connectivity index (χ1n) is 6.31. The third-order valence-electron chi connectivity index (χ3n) is 3.13. The molecule has 21 heavy (non-hydrogen) atoms. The van der Waals surface area contributed by atoms with Crippen LogP contribution in [0.4, 0.5) is 14.6 Å². The van der Waals surface area contributed by atoms with Gasteiger partial charge in [-0.2, -0.15) is 5.10 Å². The predicted molar refractivity (Wildman–Crippen MR) is 74.8 cm³/mol. The number of fused-ring (bicyclic) bond motifs is 1. The Balaban J connectivity index is 1.81. The van der Waals surface area contributed by atoms with Crippen LogP contribution in [0.25, 0.3) is 10.9 Å². The Kier molecular flexibility index (Phi) is 3.35. The van der Waals surface area contributed by atoms with Gasteiger partial charge < -0.3 is 5.32 Å². The Morgan fingerprint density at radius 3 is 2.57 bits per heavy atom. The minimum absolute atomic E-state index is 0.255. The Hall–Kier alpha value is -2.76. The minimum Gasteiger partial charge on any atom is -0.308 e. The highest BCUT2D eigenvalue weighted by Crippen LogP contribution is 2.20. The molecule has 3 rings (SSSR count). The van der Waals surface area contributed by atoms with E-state index in [9.17, 15) is 13.6 Å². The molecule has 0 atom stereocenters. The van der Waals surface area contributed by atoms with Gasteiger partial charge in [-0.05, 0) is 24.3 Å². The molecule has 0 bridgehead atoms. The van der Waals surface area contributed by atoms with Crippen LogP contribution >= 0.6 is 0 Å². The normalized spacial score (nSPS) is 10.8. The van der Waals surface area contributed by atoms with Crippen molar-refractivity contribution in [3.8, 4) is 0 Å². The predicted octanol–water partition coefficient (Wildman–Crippen LogP) is 3.02. The van der Waals surface area contributed by atoms with E-state index in [1.54, 1.807) is 6.07 Å². The van der Waals surface area contributed by atoms with Gasteiger partial charge in [0.1, 0.15) is 11.6 Å². The number of rotatable bonds is 3. The van der Waals surface area contributed by atoms with E-state index in [2.05, 4.69) is 15.5 Å². The second-order valence-electron chi connectivity index (χ2n) is 4.54. The number of hydrogen-bond donors (Lipinski definition) is 2. The average Bonchev–Trinajstić information content (AvgIpc) is 2.87. The van der Waals surface area contributed by atoms with E-state index < -0.39 is 17.5 Å². The number of halogens is 2. The molecular weight excluding hydrogens is 276 g/mol. The summed E-state index contributed by atoms with van der Waals surface area (Å²) < 4.78 is 27.0. The Morgan fingerprint density at radius 2 is 1.81 bits per heavy atom. The smallest absolute Gasteiger partial charge is 0.230 e. The fraction of sp³-hybridized carbons (Fsp3) is 0.0667. The number of aromatic amines is 1. The summed E-state index contributed by atoms with van der Waals surface area (Å²) in [5, 5.41) is 10.0. The molecule has 0 unspecified atom stereocenters. The molecule has 0 radical (unpaired) electrons. The van der Waals surface area contributed by atoms with E-state index in [1.165, 1.54) is 6.07 Å². The number of amides is 1. The summed E-state index contributed by atoms with van der Waals surface area (Å²) in [6.45, 7) is 0. The molecule has 1 aromatic heterocycles. The quantitative estimate of drug-likeness (QED) is 0.778. The molecule has 106 valence electrons. The third-order valence-corrected chi connectivity index (χ3v) is 3.13. The van der Waals surface area contributed by atoms with Crippen molar-refractivity contribution in [3.63, 3.8) is 0 Å². The number of aromatic nitrogens is 2. The summed E-state index contributed by atoms with van der Waals surface area (Å²) >= 11 is 0. The van der Waals surface area contributed by atoms with Crippen molar-refractivity contribution >= 4 is 22.6 Å². The number of benzene rings is 2. The summed E-state index contributed by atoms with van der Waals surface area (Å²) in [6, 6.07) is 10.7. The van der Waals surface area contributed by atoms with E-state index in [-0.39, 0.29) is 12.0 Å². The van der Waals surface area contributed by atoms with Crippen LogP contribution in [0.3, 0.4) is 0 Å². The highest BCUT2D eigenvalue weighted by molar-refractivity contribution is 6.00. The standard InChI is InChI=1S/C15H11F2N3O/c16-11-5-3-6-12(17)10(11)8-14(21)18-15-9-4-1-2-7-13(9)19-20-15/h1-7H,8H2,(H2,18,19,20,21). The zero-order valence-electron chi connectivity index (χ0n) is 10.9. The van der Waals surface area contributed by atoms with Crippen molar-refractivity contribution in [1.82, 2.24) is 10.2 Å². The lowest BCUT2D eigenvalue weighted by Crippen LogP contribution is -2.16. The molecule has 0 aliphatic carbocycles. The SMILES string of the molecule is O=C(Cc1c(F)cccc1F)Nc1n[nH]c2ccccc12. The molecule has 0 aliphatic rings. The van der Waals surface area contributed by atoms with Gasteiger partial charge in [-0.25, -0.2) is 8.78 Å². The van der Waals surface area contributed by atoms with Crippen molar-refractivity contribution in [1.29, 1.82) is 0 Å². The van der Waals surface area contributed by atoms with Crippen LogP contribution in [0.5, 0.6) is 0 Å². The second kappa shape index (κ2) is 5.32. The van der Waals surface area contributed by atoms with Crippen LogP contribution in [0, 0.1) is 11.6 Å². The first-order valence-corrected chi connectivity index (χ1v) is 6.31. The molecule has 1 amide bonds. The van der Waals surface area contributed by atoms with Crippen LogP contribution in [0.1, 0.15) is 5.56 Å². The Morgan fingerprint density at radius 1 is 1.10 bits per heavy atom. The molecule has 0 saturated heterocycles. The van der Waals surface area contributed by atoms with E-state index >= 15 is 0 Å². The fourth-order valence-electron chi connectivity index (χ4n) is 2.10. The van der Waals surface area contributed by atoms with Crippen LogP contribution in [0.15, 0.2) is 42.5 Å². The van der Waals surface area contributed by atoms with Gasteiger partial charge in [-0.15, -0.1) is 0 Å². The van der Waals surface area contributed by atoms with Gasteiger partial charge in [-0.3, -0.25) is 9.89 Å². The first kappa shape index (κ1) is 13.2. The summed E-state index contributed by atoms with van der Waals surface area (Å²) in [4.78, 5) is 11.9. The van der Waals surface area contributed by atoms with E-state index in [1.807, 2.05) is 18.2 Å². The van der Waals surface area contributed by atoms with E-state index in [0.717, 1.165) is 23.0 Å². The lowest BCUT2D eigenvalue weighted by atomic mass is 10.1. The zero-order chi connectivity index (χ0) is 14.8. The summed E-state index contributed by atoms with van der Waals surface area (Å²) in [7, 11) is 0. The molecular formula is C15H11F2N3O. The molecule has 1 heterocycles. The number of H-pyrrole nitrogens is 1.